The van der Waals surface area contributed by atoms with Crippen LogP contribution in [0.3, 0.4) is 0 Å². The molecule has 4 nitrogen and oxygen atoms in total. The zero-order chi connectivity index (χ0) is 12.8. The fraction of sp³-hybridized carbons (Fsp3) is 0.0769. The molecule has 1 aromatic carbocycles. The van der Waals surface area contributed by atoms with Gasteiger partial charge in [-0.1, -0.05) is 36.4 Å². The van der Waals surface area contributed by atoms with Crippen molar-refractivity contribution in [2.45, 2.75) is 6.92 Å². The molecule has 88 valence electrons. The molecule has 0 unspecified atom stereocenters. The molecule has 17 heavy (non-hydrogen) atoms. The van der Waals surface area contributed by atoms with E-state index in [9.17, 15) is 9.59 Å². The first-order chi connectivity index (χ1) is 8.00. The van der Waals surface area contributed by atoms with Gasteiger partial charge in [-0.3, -0.25) is 0 Å². The Bertz CT molecular complexity index is 483. The van der Waals surface area contributed by atoms with Crippen LogP contribution >= 0.6 is 0 Å². The number of carbonyl (C=O) groups is 2. The van der Waals surface area contributed by atoms with E-state index in [4.69, 9.17) is 10.2 Å². The van der Waals surface area contributed by atoms with E-state index in [0.29, 0.717) is 11.6 Å². The molecular formula is C13H12O4. The Morgan fingerprint density at radius 3 is 2.18 bits per heavy atom. The molecule has 0 radical (unpaired) electrons. The van der Waals surface area contributed by atoms with Crippen LogP contribution in [-0.2, 0) is 9.59 Å². The van der Waals surface area contributed by atoms with Gasteiger partial charge < -0.3 is 10.2 Å². The first kappa shape index (κ1) is 12.7. The molecule has 1 rings (SSSR count). The monoisotopic (exact) mass is 232 g/mol. The van der Waals surface area contributed by atoms with Crippen LogP contribution in [0, 0.1) is 0 Å². The van der Waals surface area contributed by atoms with Crippen molar-refractivity contribution < 1.29 is 19.8 Å². The third-order valence-corrected chi connectivity index (χ3v) is 2.11. The SMILES string of the molecule is CC(=C/c1ccccc1)/C(=C/C(=O)O)C(=O)O. The average Bonchev–Trinajstić information content (AvgIpc) is 2.26. The second-order valence-electron chi connectivity index (χ2n) is 3.44. The van der Waals surface area contributed by atoms with Gasteiger partial charge in [0.1, 0.15) is 0 Å². The molecule has 0 atom stereocenters. The van der Waals surface area contributed by atoms with Gasteiger partial charge in [0.2, 0.25) is 0 Å². The molecule has 0 fully saturated rings. The molecule has 0 saturated carbocycles. The largest absolute Gasteiger partial charge is 0.478 e. The number of hydrogen-bond donors (Lipinski definition) is 2. The molecule has 0 aromatic heterocycles. The maximum absolute atomic E-state index is 10.9. The Labute approximate surface area is 98.5 Å². The van der Waals surface area contributed by atoms with Crippen LogP contribution in [0.1, 0.15) is 12.5 Å². The van der Waals surface area contributed by atoms with Crippen molar-refractivity contribution in [3.63, 3.8) is 0 Å². The predicted octanol–water partition coefficient (Wildman–Crippen LogP) is 2.19. The van der Waals surface area contributed by atoms with E-state index in [0.717, 1.165) is 5.56 Å². The molecule has 0 heterocycles. The summed E-state index contributed by atoms with van der Waals surface area (Å²) in [5.74, 6) is -2.53. The summed E-state index contributed by atoms with van der Waals surface area (Å²) >= 11 is 0. The lowest BCUT2D eigenvalue weighted by molar-refractivity contribution is -0.134. The molecule has 0 spiro atoms. The third kappa shape index (κ3) is 3.95. The maximum Gasteiger partial charge on any atom is 0.336 e. The maximum atomic E-state index is 10.9. The second kappa shape index (κ2) is 5.65. The molecule has 2 N–H and O–H groups in total. The minimum absolute atomic E-state index is 0.221. The van der Waals surface area contributed by atoms with Crippen molar-refractivity contribution in [2.75, 3.05) is 0 Å². The molecule has 1 aromatic rings. The molecule has 0 bridgehead atoms. The zero-order valence-corrected chi connectivity index (χ0v) is 9.25. The Morgan fingerprint density at radius 2 is 1.71 bits per heavy atom. The van der Waals surface area contributed by atoms with Crippen molar-refractivity contribution in [1.29, 1.82) is 0 Å². The van der Waals surface area contributed by atoms with Crippen molar-refractivity contribution >= 4 is 18.0 Å². The second-order valence-corrected chi connectivity index (χ2v) is 3.44. The van der Waals surface area contributed by atoms with Crippen molar-refractivity contribution in [3.05, 3.63) is 53.1 Å². The quantitative estimate of drug-likeness (QED) is 0.616. The van der Waals surface area contributed by atoms with Crippen LogP contribution in [0.25, 0.3) is 6.08 Å². The summed E-state index contributed by atoms with van der Waals surface area (Å²) < 4.78 is 0. The molecule has 0 amide bonds. The van der Waals surface area contributed by atoms with Gasteiger partial charge in [0.05, 0.1) is 5.57 Å². The summed E-state index contributed by atoms with van der Waals surface area (Å²) in [5.41, 5.74) is 0.995. The average molecular weight is 232 g/mol. The van der Waals surface area contributed by atoms with Gasteiger partial charge in [-0.15, -0.1) is 0 Å². The van der Waals surface area contributed by atoms with Crippen LogP contribution < -0.4 is 0 Å². The van der Waals surface area contributed by atoms with Gasteiger partial charge in [0.25, 0.3) is 0 Å². The highest BCUT2D eigenvalue weighted by atomic mass is 16.4. The lowest BCUT2D eigenvalue weighted by Crippen LogP contribution is -2.05. The number of carboxylic acid groups (broad SMARTS) is 2. The van der Waals surface area contributed by atoms with Gasteiger partial charge in [0, 0.05) is 6.08 Å². The van der Waals surface area contributed by atoms with E-state index in [1.54, 1.807) is 13.0 Å². The molecular weight excluding hydrogens is 220 g/mol. The number of benzene rings is 1. The summed E-state index contributed by atoms with van der Waals surface area (Å²) in [7, 11) is 0. The highest BCUT2D eigenvalue weighted by molar-refractivity contribution is 5.99. The lowest BCUT2D eigenvalue weighted by Gasteiger charge is -2.02. The Kier molecular flexibility index (Phi) is 4.22. The number of hydrogen-bond acceptors (Lipinski definition) is 2. The third-order valence-electron chi connectivity index (χ3n) is 2.11. The number of rotatable bonds is 4. The fourth-order valence-corrected chi connectivity index (χ4v) is 1.34. The predicted molar refractivity (Wildman–Crippen MR) is 63.4 cm³/mol. The van der Waals surface area contributed by atoms with Crippen molar-refractivity contribution in [3.8, 4) is 0 Å². The number of carboxylic acids is 2. The van der Waals surface area contributed by atoms with E-state index >= 15 is 0 Å². The standard InChI is InChI=1S/C13H12O4/c1-9(7-10-5-3-2-4-6-10)11(13(16)17)8-12(14)15/h2-8H,1H3,(H,14,15)(H,16,17)/b9-7-,11-8-. The Balaban J connectivity index is 3.09. The zero-order valence-electron chi connectivity index (χ0n) is 9.25. The van der Waals surface area contributed by atoms with E-state index in [1.165, 1.54) is 0 Å². The molecule has 0 aliphatic heterocycles. The van der Waals surface area contributed by atoms with Crippen LogP contribution in [0.2, 0.25) is 0 Å². The first-order valence-corrected chi connectivity index (χ1v) is 4.92. The highest BCUT2D eigenvalue weighted by Crippen LogP contribution is 2.14. The Hall–Kier alpha value is -2.36. The van der Waals surface area contributed by atoms with E-state index in [-0.39, 0.29) is 5.57 Å². The summed E-state index contributed by atoms with van der Waals surface area (Å²) in [6.07, 6.45) is 2.32. The minimum Gasteiger partial charge on any atom is -0.478 e. The van der Waals surface area contributed by atoms with Gasteiger partial charge in [-0.2, -0.15) is 0 Å². The smallest absolute Gasteiger partial charge is 0.336 e. The molecule has 4 heteroatoms. The number of aliphatic carboxylic acids is 2. The van der Waals surface area contributed by atoms with Gasteiger partial charge in [0.15, 0.2) is 0 Å². The van der Waals surface area contributed by atoms with Crippen LogP contribution in [-0.4, -0.2) is 22.2 Å². The summed E-state index contributed by atoms with van der Waals surface area (Å²) in [6, 6.07) is 9.10. The van der Waals surface area contributed by atoms with Gasteiger partial charge >= 0.3 is 11.9 Å². The molecule has 0 aliphatic rings. The summed E-state index contributed by atoms with van der Waals surface area (Å²) in [4.78, 5) is 21.4. The minimum atomic E-state index is -1.27. The van der Waals surface area contributed by atoms with Gasteiger partial charge in [-0.25, -0.2) is 9.59 Å². The highest BCUT2D eigenvalue weighted by Gasteiger charge is 2.11. The molecule has 0 aliphatic carbocycles. The van der Waals surface area contributed by atoms with Gasteiger partial charge in [-0.05, 0) is 18.1 Å². The normalized spacial score (nSPS) is 12.3. The van der Waals surface area contributed by atoms with E-state index < -0.39 is 11.9 Å². The first-order valence-electron chi connectivity index (χ1n) is 4.92. The summed E-state index contributed by atoms with van der Waals surface area (Å²) in [5, 5.41) is 17.5. The van der Waals surface area contributed by atoms with Crippen molar-refractivity contribution in [2.24, 2.45) is 0 Å². The topological polar surface area (TPSA) is 74.6 Å². The van der Waals surface area contributed by atoms with E-state index in [2.05, 4.69) is 0 Å². The lowest BCUT2D eigenvalue weighted by atomic mass is 10.0. The Morgan fingerprint density at radius 1 is 1.12 bits per heavy atom. The van der Waals surface area contributed by atoms with Crippen LogP contribution in [0.5, 0.6) is 0 Å². The molecule has 0 saturated heterocycles. The van der Waals surface area contributed by atoms with E-state index in [1.807, 2.05) is 30.3 Å². The fourth-order valence-electron chi connectivity index (χ4n) is 1.34. The van der Waals surface area contributed by atoms with Crippen LogP contribution in [0.4, 0.5) is 0 Å². The van der Waals surface area contributed by atoms with Crippen molar-refractivity contribution in [1.82, 2.24) is 0 Å². The van der Waals surface area contributed by atoms with Crippen LogP contribution in [0.15, 0.2) is 47.6 Å². The summed E-state index contributed by atoms with van der Waals surface area (Å²) in [6.45, 7) is 1.57.